The van der Waals surface area contributed by atoms with Crippen molar-refractivity contribution in [1.82, 2.24) is 19.9 Å². The number of aromatic nitrogens is 2. The highest BCUT2D eigenvalue weighted by Gasteiger charge is 2.35. The standard InChI is InChI=1S/C26H31ClF3N7O2/c1-36-21(7-2-3-10-39-15-16-5-4-6-19(27)11-16)22(20-12-18(26(28,29)30)13-33-24(20)36)25(38)37-9-8-17(14-37)23(34-31)35-32/h4-6,11-13,17H,2-3,7-10,14-15,31-32H2,1H3,(H,34,35). The Morgan fingerprint density at radius 2 is 2.10 bits per heavy atom. The van der Waals surface area contributed by atoms with E-state index in [2.05, 4.69) is 15.5 Å². The van der Waals surface area contributed by atoms with Gasteiger partial charge in [-0.1, -0.05) is 23.7 Å². The van der Waals surface area contributed by atoms with Crippen LogP contribution >= 0.6 is 11.6 Å². The summed E-state index contributed by atoms with van der Waals surface area (Å²) >= 11 is 6.01. The van der Waals surface area contributed by atoms with E-state index in [1.807, 2.05) is 18.2 Å². The summed E-state index contributed by atoms with van der Waals surface area (Å²) in [6.07, 6.45) is -1.39. The maximum atomic E-state index is 13.8. The van der Waals surface area contributed by atoms with E-state index in [1.54, 1.807) is 22.6 Å². The van der Waals surface area contributed by atoms with Crippen molar-refractivity contribution in [2.75, 3.05) is 19.7 Å². The molecule has 1 amide bonds. The van der Waals surface area contributed by atoms with Gasteiger partial charge in [0.25, 0.3) is 5.91 Å². The van der Waals surface area contributed by atoms with Crippen molar-refractivity contribution in [3.05, 3.63) is 63.9 Å². The van der Waals surface area contributed by atoms with Gasteiger partial charge in [-0.25, -0.2) is 10.8 Å². The van der Waals surface area contributed by atoms with E-state index in [0.717, 1.165) is 17.8 Å². The molecule has 13 heteroatoms. The molecule has 5 N–H and O–H groups in total. The number of hydrogen-bond acceptors (Lipinski definition) is 6. The second-order valence-electron chi connectivity index (χ2n) is 9.51. The number of carbonyl (C=O) groups excluding carboxylic acids is 1. The molecule has 1 atom stereocenters. The van der Waals surface area contributed by atoms with Crippen LogP contribution in [0.5, 0.6) is 0 Å². The van der Waals surface area contributed by atoms with Gasteiger partial charge in [-0.15, -0.1) is 0 Å². The number of nitrogens with one attached hydrogen (secondary N) is 1. The summed E-state index contributed by atoms with van der Waals surface area (Å²) in [5.41, 5.74) is 3.70. The number of benzene rings is 1. The van der Waals surface area contributed by atoms with Crippen LogP contribution in [0.2, 0.25) is 5.02 Å². The molecule has 39 heavy (non-hydrogen) atoms. The number of likely N-dealkylation sites (tertiary alicyclic amines) is 1. The van der Waals surface area contributed by atoms with Gasteiger partial charge in [0.1, 0.15) is 11.5 Å². The number of ether oxygens (including phenoxy) is 1. The predicted octanol–water partition coefficient (Wildman–Crippen LogP) is 3.98. The molecule has 0 aliphatic carbocycles. The van der Waals surface area contributed by atoms with Gasteiger partial charge in [0.2, 0.25) is 0 Å². The molecule has 1 aliphatic heterocycles. The van der Waals surface area contributed by atoms with E-state index in [4.69, 9.17) is 28.0 Å². The number of amidine groups is 1. The van der Waals surface area contributed by atoms with E-state index >= 15 is 0 Å². The van der Waals surface area contributed by atoms with E-state index in [-0.39, 0.29) is 22.8 Å². The molecule has 1 unspecified atom stereocenters. The molecule has 1 fully saturated rings. The van der Waals surface area contributed by atoms with Crippen LogP contribution in [0.25, 0.3) is 11.0 Å². The Kier molecular flexibility index (Phi) is 8.98. The van der Waals surface area contributed by atoms with Crippen molar-refractivity contribution >= 4 is 34.4 Å². The number of hydrogen-bond donors (Lipinski definition) is 3. The fraction of sp³-hybridized carbons (Fsp3) is 0.423. The van der Waals surface area contributed by atoms with Gasteiger partial charge in [0.15, 0.2) is 0 Å². The number of hydrazine groups is 1. The Bertz CT molecular complexity index is 1360. The SMILES string of the molecule is Cn1c(CCCCOCc2cccc(Cl)c2)c(C(=O)N2CCC(/C(=N/N)NN)C2)c2cc(C(F)(F)F)cnc21. The Morgan fingerprint density at radius 1 is 1.31 bits per heavy atom. The van der Waals surface area contributed by atoms with Crippen LogP contribution in [-0.4, -0.2) is 45.9 Å². The molecular weight excluding hydrogens is 535 g/mol. The zero-order valence-corrected chi connectivity index (χ0v) is 22.2. The fourth-order valence-electron chi connectivity index (χ4n) is 4.95. The summed E-state index contributed by atoms with van der Waals surface area (Å²) in [5.74, 6) is 10.7. The number of amides is 1. The van der Waals surface area contributed by atoms with E-state index < -0.39 is 11.7 Å². The minimum atomic E-state index is -4.59. The van der Waals surface area contributed by atoms with Crippen molar-refractivity contribution in [3.63, 3.8) is 0 Å². The number of nitrogens with two attached hydrogens (primary N) is 2. The first-order chi connectivity index (χ1) is 18.6. The number of nitrogens with zero attached hydrogens (tertiary/aromatic N) is 4. The highest BCUT2D eigenvalue weighted by atomic mass is 35.5. The zero-order chi connectivity index (χ0) is 28.2. The summed E-state index contributed by atoms with van der Waals surface area (Å²) < 4.78 is 48.1. The van der Waals surface area contributed by atoms with Crippen LogP contribution in [0.3, 0.4) is 0 Å². The fourth-order valence-corrected chi connectivity index (χ4v) is 5.16. The topological polar surface area (TPSA) is 124 Å². The molecule has 3 aromatic rings. The maximum Gasteiger partial charge on any atom is 0.417 e. The molecule has 0 spiro atoms. The third kappa shape index (κ3) is 6.45. The molecule has 0 saturated carbocycles. The van der Waals surface area contributed by atoms with Crippen molar-refractivity contribution in [3.8, 4) is 0 Å². The van der Waals surface area contributed by atoms with Crippen molar-refractivity contribution < 1.29 is 22.7 Å². The van der Waals surface area contributed by atoms with Gasteiger partial charge < -0.3 is 25.5 Å². The second kappa shape index (κ2) is 12.2. The number of carbonyl (C=O) groups is 1. The summed E-state index contributed by atoms with van der Waals surface area (Å²) in [5, 5.41) is 4.46. The van der Waals surface area contributed by atoms with Gasteiger partial charge in [-0.05, 0) is 49.4 Å². The molecule has 9 nitrogen and oxygen atoms in total. The normalized spacial score (nSPS) is 16.3. The first-order valence-corrected chi connectivity index (χ1v) is 12.9. The lowest BCUT2D eigenvalue weighted by Gasteiger charge is -2.18. The minimum absolute atomic E-state index is 0.178. The van der Waals surface area contributed by atoms with Gasteiger partial charge in [-0.3, -0.25) is 4.79 Å². The Labute approximate surface area is 228 Å². The van der Waals surface area contributed by atoms with Crippen LogP contribution in [-0.2, 0) is 31.0 Å². The van der Waals surface area contributed by atoms with Crippen LogP contribution in [0, 0.1) is 5.92 Å². The van der Waals surface area contributed by atoms with Gasteiger partial charge in [-0.2, -0.15) is 18.3 Å². The Balaban J connectivity index is 1.53. The smallest absolute Gasteiger partial charge is 0.377 e. The lowest BCUT2D eigenvalue weighted by Crippen LogP contribution is -2.39. The van der Waals surface area contributed by atoms with Crippen molar-refractivity contribution in [2.24, 2.45) is 29.8 Å². The van der Waals surface area contributed by atoms with Gasteiger partial charge in [0, 0.05) is 55.0 Å². The number of alkyl halides is 3. The third-order valence-corrected chi connectivity index (χ3v) is 7.18. The number of aryl methyl sites for hydroxylation is 1. The molecule has 3 heterocycles. The number of fused-ring (bicyclic) bond motifs is 1. The summed E-state index contributed by atoms with van der Waals surface area (Å²) in [4.78, 5) is 19.4. The molecule has 0 bridgehead atoms. The highest BCUT2D eigenvalue weighted by Crippen LogP contribution is 2.34. The summed E-state index contributed by atoms with van der Waals surface area (Å²) in [6.45, 7) is 1.59. The minimum Gasteiger partial charge on any atom is -0.377 e. The Morgan fingerprint density at radius 3 is 2.79 bits per heavy atom. The largest absolute Gasteiger partial charge is 0.417 e. The number of rotatable bonds is 9. The molecule has 0 radical (unpaired) electrons. The van der Waals surface area contributed by atoms with Crippen LogP contribution in [0.15, 0.2) is 41.6 Å². The quantitative estimate of drug-likeness (QED) is 0.119. The lowest BCUT2D eigenvalue weighted by molar-refractivity contribution is -0.137. The highest BCUT2D eigenvalue weighted by molar-refractivity contribution is 6.30. The molecule has 1 aromatic carbocycles. The summed E-state index contributed by atoms with van der Waals surface area (Å²) in [7, 11) is 1.72. The summed E-state index contributed by atoms with van der Waals surface area (Å²) in [6, 6.07) is 8.43. The third-order valence-electron chi connectivity index (χ3n) is 6.95. The molecule has 1 saturated heterocycles. The monoisotopic (exact) mass is 565 g/mol. The van der Waals surface area contributed by atoms with Crippen LogP contribution < -0.4 is 17.1 Å². The van der Waals surface area contributed by atoms with E-state index in [9.17, 15) is 18.0 Å². The van der Waals surface area contributed by atoms with Gasteiger partial charge >= 0.3 is 6.18 Å². The maximum absolute atomic E-state index is 13.8. The van der Waals surface area contributed by atoms with Crippen LogP contribution in [0.1, 0.15) is 46.4 Å². The molecule has 4 rings (SSSR count). The first kappa shape index (κ1) is 28.7. The van der Waals surface area contributed by atoms with Gasteiger partial charge in [0.05, 0.1) is 17.7 Å². The Hall–Kier alpha value is -3.35. The average molecular weight is 566 g/mol. The van der Waals surface area contributed by atoms with Crippen molar-refractivity contribution in [1.29, 1.82) is 0 Å². The predicted molar refractivity (Wildman–Crippen MR) is 143 cm³/mol. The van der Waals surface area contributed by atoms with E-state index in [1.165, 1.54) is 0 Å². The lowest BCUT2D eigenvalue weighted by atomic mass is 10.0. The zero-order valence-electron chi connectivity index (χ0n) is 21.5. The van der Waals surface area contributed by atoms with Crippen molar-refractivity contribution in [2.45, 2.75) is 38.5 Å². The first-order valence-electron chi connectivity index (χ1n) is 12.5. The molecule has 1 aliphatic rings. The molecule has 2 aromatic heterocycles. The molecular formula is C26H31ClF3N7O2. The second-order valence-corrected chi connectivity index (χ2v) is 9.95. The van der Waals surface area contributed by atoms with E-state index in [0.29, 0.717) is 74.2 Å². The average Bonchev–Trinajstić information content (AvgIpc) is 3.49. The number of halogens is 4. The van der Waals surface area contributed by atoms with Crippen LogP contribution in [0.4, 0.5) is 13.2 Å². The molecule has 210 valence electrons. The number of unbranched alkanes of at least 4 members (excludes halogenated alkanes) is 1. The number of hydrazone groups is 1. The number of pyridine rings is 1.